The number of nitrogens with one attached hydrogen (secondary N) is 1. The van der Waals surface area contributed by atoms with Gasteiger partial charge in [0.25, 0.3) is 0 Å². The molecule has 0 unspecified atom stereocenters. The van der Waals surface area contributed by atoms with E-state index in [2.05, 4.69) is 29.6 Å². The number of aliphatic carboxylic acids is 1. The summed E-state index contributed by atoms with van der Waals surface area (Å²) in [6, 6.07) is 16.3. The third-order valence-electron chi connectivity index (χ3n) is 8.38. The van der Waals surface area contributed by atoms with Crippen LogP contribution in [0.5, 0.6) is 0 Å². The highest BCUT2D eigenvalue weighted by atomic mass is 16.5. The number of carboxylic acid groups (broad SMARTS) is 1. The van der Waals surface area contributed by atoms with Gasteiger partial charge in [0.1, 0.15) is 12.1 Å². The van der Waals surface area contributed by atoms with E-state index in [0.717, 1.165) is 41.5 Å². The first kappa shape index (κ1) is 21.2. The molecule has 2 N–H and O–H groups in total. The molecule has 2 aromatic carbocycles. The second-order valence-electron chi connectivity index (χ2n) is 10.5. The molecule has 1 aliphatic heterocycles. The highest BCUT2D eigenvalue weighted by Gasteiger charge is 2.63. The lowest BCUT2D eigenvalue weighted by Gasteiger charge is -2.61. The normalized spacial score (nSPS) is 21.5. The van der Waals surface area contributed by atoms with Crippen LogP contribution >= 0.6 is 0 Å². The molecule has 0 atom stereocenters. The zero-order valence-electron chi connectivity index (χ0n) is 19.0. The lowest BCUT2D eigenvalue weighted by Crippen LogP contribution is -2.73. The van der Waals surface area contributed by atoms with E-state index in [0.29, 0.717) is 12.8 Å². The average Bonchev–Trinajstić information content (AvgIpc) is 3.05. The molecule has 6 rings (SSSR count). The van der Waals surface area contributed by atoms with Crippen molar-refractivity contribution in [2.45, 2.75) is 43.6 Å². The Labute approximate surface area is 198 Å². The number of hydrogen-bond donors (Lipinski definition) is 2. The highest BCUT2D eigenvalue weighted by Crippen LogP contribution is 2.61. The van der Waals surface area contributed by atoms with E-state index in [1.54, 1.807) is 4.90 Å². The molecule has 0 bridgehead atoms. The maximum absolute atomic E-state index is 13.3. The van der Waals surface area contributed by atoms with Crippen molar-refractivity contribution >= 4 is 18.0 Å². The second-order valence-corrected chi connectivity index (χ2v) is 10.5. The average molecular weight is 461 g/mol. The van der Waals surface area contributed by atoms with Crippen LogP contribution in [-0.2, 0) is 14.3 Å². The molecule has 2 aromatic rings. The fraction of sp³-hybridized carbons (Fsp3) is 0.444. The number of rotatable bonds is 5. The Balaban J connectivity index is 1.15. The van der Waals surface area contributed by atoms with Crippen molar-refractivity contribution in [1.29, 1.82) is 0 Å². The van der Waals surface area contributed by atoms with Crippen LogP contribution in [0.2, 0.25) is 0 Å². The standard InChI is InChI=1S/C27H28N2O5/c30-23(31)17-12-29(13-17)24(32)27(15-26(16-27)10-5-11-26)28-25(33)34-14-22-20-8-3-1-6-18(20)19-7-2-4-9-21(19)22/h1-4,6-9,17,22H,5,10-16H2,(H,28,33)(H,30,31). The van der Waals surface area contributed by atoms with Gasteiger partial charge in [-0.2, -0.15) is 0 Å². The Morgan fingerprint density at radius 2 is 1.56 bits per heavy atom. The quantitative estimate of drug-likeness (QED) is 0.708. The van der Waals surface area contributed by atoms with E-state index in [9.17, 15) is 14.4 Å². The lowest BCUT2D eigenvalue weighted by molar-refractivity contribution is -0.166. The fourth-order valence-electron chi connectivity index (χ4n) is 6.49. The number of ether oxygens (including phenoxy) is 1. The largest absolute Gasteiger partial charge is 0.481 e. The molecule has 4 aliphatic rings. The molecule has 34 heavy (non-hydrogen) atoms. The minimum Gasteiger partial charge on any atom is -0.481 e. The first-order valence-electron chi connectivity index (χ1n) is 12.1. The lowest BCUT2D eigenvalue weighted by atomic mass is 9.48. The first-order valence-corrected chi connectivity index (χ1v) is 12.1. The van der Waals surface area contributed by atoms with Crippen molar-refractivity contribution < 1.29 is 24.2 Å². The number of carboxylic acids is 1. The summed E-state index contributed by atoms with van der Waals surface area (Å²) < 4.78 is 5.72. The molecule has 0 aromatic heterocycles. The monoisotopic (exact) mass is 460 g/mol. The van der Waals surface area contributed by atoms with Gasteiger partial charge in [-0.3, -0.25) is 9.59 Å². The van der Waals surface area contributed by atoms with Gasteiger partial charge in [0, 0.05) is 19.0 Å². The molecule has 1 spiro atoms. The molecule has 1 saturated heterocycles. The molecule has 7 heteroatoms. The molecule has 7 nitrogen and oxygen atoms in total. The van der Waals surface area contributed by atoms with E-state index in [4.69, 9.17) is 9.84 Å². The Kier molecular flexibility index (Phi) is 4.73. The van der Waals surface area contributed by atoms with Gasteiger partial charge >= 0.3 is 12.1 Å². The first-order chi connectivity index (χ1) is 16.4. The van der Waals surface area contributed by atoms with Gasteiger partial charge in [-0.15, -0.1) is 0 Å². The molecular weight excluding hydrogens is 432 g/mol. The summed E-state index contributed by atoms with van der Waals surface area (Å²) >= 11 is 0. The summed E-state index contributed by atoms with van der Waals surface area (Å²) in [6.07, 6.45) is 3.94. The third-order valence-corrected chi connectivity index (χ3v) is 8.38. The van der Waals surface area contributed by atoms with Crippen LogP contribution in [0.4, 0.5) is 4.79 Å². The Bertz CT molecular complexity index is 1130. The molecule has 1 heterocycles. The smallest absolute Gasteiger partial charge is 0.408 e. The van der Waals surface area contributed by atoms with Gasteiger partial charge in [0.15, 0.2) is 0 Å². The maximum Gasteiger partial charge on any atom is 0.408 e. The highest BCUT2D eigenvalue weighted by molar-refractivity contribution is 5.93. The van der Waals surface area contributed by atoms with Crippen molar-refractivity contribution in [1.82, 2.24) is 10.2 Å². The van der Waals surface area contributed by atoms with Crippen LogP contribution in [0.25, 0.3) is 11.1 Å². The molecule has 2 amide bonds. The molecule has 176 valence electrons. The Hall–Kier alpha value is -3.35. The molecule has 3 aliphatic carbocycles. The summed E-state index contributed by atoms with van der Waals surface area (Å²) in [7, 11) is 0. The number of likely N-dealkylation sites (tertiary alicyclic amines) is 1. The number of benzene rings is 2. The van der Waals surface area contributed by atoms with Crippen molar-refractivity contribution in [3.8, 4) is 11.1 Å². The fourth-order valence-corrected chi connectivity index (χ4v) is 6.49. The topological polar surface area (TPSA) is 95.9 Å². The van der Waals surface area contributed by atoms with Gasteiger partial charge in [-0.1, -0.05) is 55.0 Å². The van der Waals surface area contributed by atoms with E-state index < -0.39 is 23.5 Å². The Morgan fingerprint density at radius 1 is 0.971 bits per heavy atom. The second kappa shape index (κ2) is 7.58. The number of alkyl carbamates (subject to hydrolysis) is 1. The molecular formula is C27H28N2O5. The Morgan fingerprint density at radius 3 is 2.09 bits per heavy atom. The van der Waals surface area contributed by atoms with Crippen molar-refractivity contribution in [2.24, 2.45) is 11.3 Å². The van der Waals surface area contributed by atoms with Crippen molar-refractivity contribution in [3.63, 3.8) is 0 Å². The van der Waals surface area contributed by atoms with Crippen LogP contribution in [-0.4, -0.2) is 53.2 Å². The van der Waals surface area contributed by atoms with E-state index in [-0.39, 0.29) is 36.9 Å². The van der Waals surface area contributed by atoms with Crippen LogP contribution < -0.4 is 5.32 Å². The number of nitrogens with zero attached hydrogens (tertiary/aromatic N) is 1. The van der Waals surface area contributed by atoms with E-state index in [1.165, 1.54) is 0 Å². The van der Waals surface area contributed by atoms with E-state index >= 15 is 0 Å². The van der Waals surface area contributed by atoms with Gasteiger partial charge in [0.2, 0.25) is 5.91 Å². The van der Waals surface area contributed by atoms with Crippen molar-refractivity contribution in [3.05, 3.63) is 59.7 Å². The number of carbonyl (C=O) groups excluding carboxylic acids is 2. The van der Waals surface area contributed by atoms with Gasteiger partial charge in [-0.25, -0.2) is 4.79 Å². The molecule has 3 fully saturated rings. The van der Waals surface area contributed by atoms with Crippen LogP contribution in [0.15, 0.2) is 48.5 Å². The van der Waals surface area contributed by atoms with Crippen LogP contribution in [0.3, 0.4) is 0 Å². The number of fused-ring (bicyclic) bond motifs is 3. The summed E-state index contributed by atoms with van der Waals surface area (Å²) in [5, 5.41) is 12.1. The van der Waals surface area contributed by atoms with E-state index in [1.807, 2.05) is 24.3 Å². The molecule has 0 radical (unpaired) electrons. The predicted molar refractivity (Wildman–Crippen MR) is 124 cm³/mol. The van der Waals surface area contributed by atoms with Gasteiger partial charge in [0.05, 0.1) is 5.92 Å². The number of hydrogen-bond acceptors (Lipinski definition) is 4. The third kappa shape index (κ3) is 3.21. The maximum atomic E-state index is 13.3. The number of amides is 2. The van der Waals surface area contributed by atoms with Crippen LogP contribution in [0.1, 0.15) is 49.1 Å². The minimum absolute atomic E-state index is 0.0455. The predicted octanol–water partition coefficient (Wildman–Crippen LogP) is 3.77. The van der Waals surface area contributed by atoms with Crippen LogP contribution in [0, 0.1) is 11.3 Å². The molecule has 2 saturated carbocycles. The summed E-state index contributed by atoms with van der Waals surface area (Å²) in [5.74, 6) is -1.62. The summed E-state index contributed by atoms with van der Waals surface area (Å²) in [4.78, 5) is 39.0. The van der Waals surface area contributed by atoms with Gasteiger partial charge < -0.3 is 20.1 Å². The summed E-state index contributed by atoms with van der Waals surface area (Å²) in [6.45, 7) is 0.602. The summed E-state index contributed by atoms with van der Waals surface area (Å²) in [5.41, 5.74) is 3.76. The SMILES string of the molecule is O=C(NC1(C(=O)N2CC(C(=O)O)C2)CC2(CCC2)C1)OCC1c2ccccc2-c2ccccc21. The minimum atomic E-state index is -0.980. The zero-order chi connectivity index (χ0) is 23.5. The van der Waals surface area contributed by atoms with Crippen molar-refractivity contribution in [2.75, 3.05) is 19.7 Å². The zero-order valence-corrected chi connectivity index (χ0v) is 19.0. The van der Waals surface area contributed by atoms with Gasteiger partial charge in [-0.05, 0) is 53.4 Å². The number of carbonyl (C=O) groups is 3.